The van der Waals surface area contributed by atoms with E-state index in [1.165, 1.54) is 0 Å². The highest BCUT2D eigenvalue weighted by Crippen LogP contribution is 2.32. The van der Waals surface area contributed by atoms with Crippen LogP contribution in [0.1, 0.15) is 32.8 Å². The molecule has 0 aromatic heterocycles. The second kappa shape index (κ2) is 11.3. The van der Waals surface area contributed by atoms with E-state index in [9.17, 15) is 4.57 Å². The Bertz CT molecular complexity index is 498. The number of hydrogen-bond acceptors (Lipinski definition) is 5. The maximum Gasteiger partial charge on any atom is 0.532 e. The van der Waals surface area contributed by atoms with Gasteiger partial charge in [0.1, 0.15) is 0 Å². The Morgan fingerprint density at radius 3 is 2.30 bits per heavy atom. The summed E-state index contributed by atoms with van der Waals surface area (Å²) in [5.41, 5.74) is 0.951. The number of halogens is 2. The van der Waals surface area contributed by atoms with Crippen LogP contribution in [0.3, 0.4) is 0 Å². The summed E-state index contributed by atoms with van der Waals surface area (Å²) in [7, 11) is -1.99. The summed E-state index contributed by atoms with van der Waals surface area (Å²) in [6.07, 6.45) is 0.640. The van der Waals surface area contributed by atoms with E-state index in [1.54, 1.807) is 12.1 Å². The van der Waals surface area contributed by atoms with Gasteiger partial charge in [0.15, 0.2) is 0 Å². The van der Waals surface area contributed by atoms with Gasteiger partial charge in [0, 0.05) is 26.2 Å². The first-order valence-electron chi connectivity index (χ1n) is 7.55. The number of nitrogens with one attached hydrogen (secondary N) is 1. The molecule has 0 aliphatic carbocycles. The molecule has 0 aliphatic rings. The molecule has 0 radical (unpaired) electrons. The van der Waals surface area contributed by atoms with Crippen molar-refractivity contribution in [2.24, 2.45) is 0 Å². The lowest BCUT2D eigenvalue weighted by molar-refractivity contribution is -0.240. The third-order valence-corrected chi connectivity index (χ3v) is 5.14. The molecule has 2 atom stereocenters. The Balaban J connectivity index is 2.57. The maximum atomic E-state index is 12.3. The molecule has 0 aliphatic heterocycles. The predicted molar refractivity (Wildman–Crippen MR) is 93.1 cm³/mol. The first-order valence-corrected chi connectivity index (χ1v) is 9.55. The summed E-state index contributed by atoms with van der Waals surface area (Å²) in [4.78, 5) is 0. The molecule has 5 nitrogen and oxygen atoms in total. The van der Waals surface area contributed by atoms with E-state index < -0.39 is 14.5 Å². The van der Waals surface area contributed by atoms with Crippen molar-refractivity contribution in [2.75, 3.05) is 13.2 Å². The number of benzene rings is 1. The van der Waals surface area contributed by atoms with Crippen molar-refractivity contribution in [3.63, 3.8) is 0 Å². The van der Waals surface area contributed by atoms with Crippen LogP contribution in [0.4, 0.5) is 0 Å². The molecule has 1 aromatic rings. The van der Waals surface area contributed by atoms with E-state index in [2.05, 4.69) is 5.32 Å². The van der Waals surface area contributed by atoms with Gasteiger partial charge < -0.3 is 9.47 Å². The Labute approximate surface area is 148 Å². The van der Waals surface area contributed by atoms with Crippen molar-refractivity contribution in [3.8, 4) is 0 Å². The Hall–Kier alpha value is -0.260. The van der Waals surface area contributed by atoms with Gasteiger partial charge in [-0.05, 0) is 36.1 Å². The van der Waals surface area contributed by atoms with Crippen LogP contribution in [-0.4, -0.2) is 25.5 Å². The number of rotatable bonds is 11. The van der Waals surface area contributed by atoms with E-state index in [0.29, 0.717) is 36.2 Å². The van der Waals surface area contributed by atoms with Crippen molar-refractivity contribution in [1.82, 2.24) is 5.32 Å². The van der Waals surface area contributed by atoms with Gasteiger partial charge in [-0.1, -0.05) is 40.7 Å². The van der Waals surface area contributed by atoms with E-state index >= 15 is 0 Å². The van der Waals surface area contributed by atoms with Crippen molar-refractivity contribution >= 4 is 31.2 Å². The monoisotopic (exact) mass is 382 g/mol. The minimum atomic E-state index is -1.99. The maximum absolute atomic E-state index is 12.3. The smallest absolute Gasteiger partial charge is 0.327 e. The van der Waals surface area contributed by atoms with Crippen LogP contribution in [0.5, 0.6) is 0 Å². The molecule has 0 saturated heterocycles. The number of hydrogen-bond donors (Lipinski definition) is 1. The molecule has 1 rings (SSSR count). The molecule has 23 heavy (non-hydrogen) atoms. The molecule has 2 unspecified atom stereocenters. The lowest BCUT2D eigenvalue weighted by Gasteiger charge is -2.13. The van der Waals surface area contributed by atoms with Crippen LogP contribution in [0.2, 0.25) is 10.0 Å². The molecule has 0 fully saturated rings. The largest absolute Gasteiger partial charge is 0.532 e. The zero-order chi connectivity index (χ0) is 17.2. The highest BCUT2D eigenvalue weighted by Gasteiger charge is 2.35. The Morgan fingerprint density at radius 2 is 1.78 bits per heavy atom. The highest BCUT2D eigenvalue weighted by atomic mass is 35.5. The van der Waals surface area contributed by atoms with E-state index in [-0.39, 0.29) is 5.78 Å². The van der Waals surface area contributed by atoms with Gasteiger partial charge in [-0.3, -0.25) is 5.32 Å². The normalized spacial score (nSPS) is 13.4. The highest BCUT2D eigenvalue weighted by molar-refractivity contribution is 7.39. The van der Waals surface area contributed by atoms with Gasteiger partial charge in [-0.15, -0.1) is 0 Å². The molecule has 0 saturated carbocycles. The molecule has 1 aromatic carbocycles. The zero-order valence-corrected chi connectivity index (χ0v) is 16.0. The van der Waals surface area contributed by atoms with Crippen LogP contribution in [-0.2, 0) is 25.1 Å². The topological polar surface area (TPSA) is 56.8 Å². The van der Waals surface area contributed by atoms with Crippen molar-refractivity contribution in [1.29, 1.82) is 0 Å². The Kier molecular flexibility index (Phi) is 10.2. The Morgan fingerprint density at radius 1 is 1.13 bits per heavy atom. The number of ether oxygens (including phenoxy) is 2. The van der Waals surface area contributed by atoms with Crippen LogP contribution >= 0.6 is 31.2 Å². The standard InChI is InChI=1S/C15H23Cl2NO4P/c1-4-14(23(19)22-15(20-5-2)21-6-3)18-10-11-7-8-12(16)13(17)9-11/h7-9,14-15,18H,4-6,10H2,1-3H3/q+1. The molecule has 0 spiro atoms. The molecular formula is C15H23Cl2NO4P+. The van der Waals surface area contributed by atoms with Gasteiger partial charge in [0.05, 0.1) is 10.0 Å². The second-order valence-corrected chi connectivity index (χ2v) is 6.86. The summed E-state index contributed by atoms with van der Waals surface area (Å²) < 4.78 is 28.2. The average molecular weight is 383 g/mol. The van der Waals surface area contributed by atoms with Gasteiger partial charge in [0.25, 0.3) is 0 Å². The molecule has 0 heterocycles. The first-order chi connectivity index (χ1) is 11.0. The quantitative estimate of drug-likeness (QED) is 0.434. The van der Waals surface area contributed by atoms with E-state index in [0.717, 1.165) is 5.56 Å². The van der Waals surface area contributed by atoms with Gasteiger partial charge >= 0.3 is 14.5 Å². The van der Waals surface area contributed by atoms with Crippen LogP contribution < -0.4 is 5.32 Å². The van der Waals surface area contributed by atoms with Crippen molar-refractivity contribution < 1.29 is 18.6 Å². The van der Waals surface area contributed by atoms with Crippen LogP contribution in [0, 0.1) is 0 Å². The minimum absolute atomic E-state index is 0.317. The fourth-order valence-corrected chi connectivity index (χ4v) is 3.09. The van der Waals surface area contributed by atoms with Gasteiger partial charge in [-0.25, -0.2) is 0 Å². The zero-order valence-electron chi connectivity index (χ0n) is 13.6. The van der Waals surface area contributed by atoms with Gasteiger partial charge in [-0.2, -0.15) is 0 Å². The van der Waals surface area contributed by atoms with Crippen molar-refractivity contribution in [3.05, 3.63) is 33.8 Å². The molecule has 1 N–H and O–H groups in total. The third-order valence-electron chi connectivity index (χ3n) is 2.96. The van der Waals surface area contributed by atoms with Crippen molar-refractivity contribution in [2.45, 2.75) is 46.0 Å². The summed E-state index contributed by atoms with van der Waals surface area (Å²) >= 11 is 11.9. The fourth-order valence-electron chi connectivity index (χ4n) is 1.79. The SMILES string of the molecule is CCOC(OCC)O[P+](=O)C(CC)NCc1ccc(Cl)c(Cl)c1. The minimum Gasteiger partial charge on any atom is -0.327 e. The summed E-state index contributed by atoms with van der Waals surface area (Å²) in [6, 6.07) is 5.38. The van der Waals surface area contributed by atoms with E-state index in [4.69, 9.17) is 37.2 Å². The summed E-state index contributed by atoms with van der Waals surface area (Å²) in [5, 5.41) is 4.20. The molecule has 130 valence electrons. The molecule has 0 amide bonds. The molecule has 0 bridgehead atoms. The molecular weight excluding hydrogens is 360 g/mol. The molecule has 8 heteroatoms. The predicted octanol–water partition coefficient (Wildman–Crippen LogP) is 4.93. The van der Waals surface area contributed by atoms with Crippen LogP contribution in [0.25, 0.3) is 0 Å². The van der Waals surface area contributed by atoms with Gasteiger partial charge in [0.2, 0.25) is 5.78 Å². The fraction of sp³-hybridized carbons (Fsp3) is 0.600. The third kappa shape index (κ3) is 7.44. The lowest BCUT2D eigenvalue weighted by Crippen LogP contribution is -2.27. The van der Waals surface area contributed by atoms with E-state index in [1.807, 2.05) is 26.8 Å². The lowest BCUT2D eigenvalue weighted by atomic mass is 10.2. The van der Waals surface area contributed by atoms with Crippen LogP contribution in [0.15, 0.2) is 18.2 Å². The average Bonchev–Trinajstić information content (AvgIpc) is 2.52. The second-order valence-electron chi connectivity index (χ2n) is 4.64. The summed E-state index contributed by atoms with van der Waals surface area (Å²) in [6.45, 7) is 6.01. The first kappa shape index (κ1) is 20.8. The summed E-state index contributed by atoms with van der Waals surface area (Å²) in [5.74, 6) is -0.317.